The van der Waals surface area contributed by atoms with Gasteiger partial charge in [-0.1, -0.05) is 13.3 Å². The zero-order chi connectivity index (χ0) is 6.41. The van der Waals surface area contributed by atoms with Crippen molar-refractivity contribution in [3.63, 3.8) is 0 Å². The predicted octanol–water partition coefficient (Wildman–Crippen LogP) is 0.594. The Labute approximate surface area is 49.8 Å². The van der Waals surface area contributed by atoms with Crippen LogP contribution in [0.15, 0.2) is 0 Å². The number of rotatable bonds is 3. The van der Waals surface area contributed by atoms with Gasteiger partial charge < -0.3 is 5.32 Å². The Hall–Kier alpha value is -0.730. The van der Waals surface area contributed by atoms with Crippen LogP contribution in [0.2, 0.25) is 0 Å². The van der Waals surface area contributed by atoms with Crippen LogP contribution in [0.5, 0.6) is 0 Å². The normalized spacial score (nSPS) is 8.62. The van der Waals surface area contributed by atoms with E-state index in [4.69, 9.17) is 11.1 Å². The fraction of sp³-hybridized carbons (Fsp3) is 0.800. The zero-order valence-electron chi connectivity index (χ0n) is 5.12. The maximum absolute atomic E-state index is 6.63. The molecule has 47 valence electrons. The van der Waals surface area contributed by atoms with Crippen LogP contribution in [0.3, 0.4) is 0 Å². The first kappa shape index (κ1) is 7.27. The molecule has 1 radical (unpaired) electrons. The van der Waals surface area contributed by atoms with E-state index in [1.54, 1.807) is 0 Å². The largest absolute Gasteiger partial charge is 0.355 e. The van der Waals surface area contributed by atoms with Gasteiger partial charge in [-0.3, -0.25) is 11.1 Å². The summed E-state index contributed by atoms with van der Waals surface area (Å²) in [4.78, 5) is 0. The van der Waals surface area contributed by atoms with Gasteiger partial charge in [0.25, 0.3) is 0 Å². The highest BCUT2D eigenvalue weighted by molar-refractivity contribution is 5.73. The second-order valence-electron chi connectivity index (χ2n) is 1.66. The van der Waals surface area contributed by atoms with E-state index < -0.39 is 0 Å². The molecular weight excluding hydrogens is 102 g/mol. The molecule has 0 rings (SSSR count). The van der Waals surface area contributed by atoms with E-state index in [1.807, 2.05) is 0 Å². The van der Waals surface area contributed by atoms with E-state index in [0.29, 0.717) is 0 Å². The molecule has 0 aliphatic rings. The molecule has 0 saturated carbocycles. The lowest BCUT2D eigenvalue weighted by molar-refractivity contribution is 0.748. The monoisotopic (exact) mass is 114 g/mol. The SMILES string of the molecule is CCCCNC([NH])=N. The van der Waals surface area contributed by atoms with Gasteiger partial charge in [0, 0.05) is 6.54 Å². The van der Waals surface area contributed by atoms with Gasteiger partial charge in [-0.15, -0.1) is 0 Å². The van der Waals surface area contributed by atoms with E-state index in [-0.39, 0.29) is 5.96 Å². The van der Waals surface area contributed by atoms with Crippen molar-refractivity contribution in [3.05, 3.63) is 0 Å². The quantitative estimate of drug-likeness (QED) is 0.315. The highest BCUT2D eigenvalue weighted by atomic mass is 15.0. The van der Waals surface area contributed by atoms with Gasteiger partial charge in [0.2, 0.25) is 5.96 Å². The molecule has 0 bridgehead atoms. The lowest BCUT2D eigenvalue weighted by Gasteiger charge is -1.97. The van der Waals surface area contributed by atoms with Crippen molar-refractivity contribution in [1.82, 2.24) is 11.1 Å². The van der Waals surface area contributed by atoms with E-state index >= 15 is 0 Å². The number of guanidine groups is 1. The summed E-state index contributed by atoms with van der Waals surface area (Å²) in [5.41, 5.74) is 6.63. The van der Waals surface area contributed by atoms with Crippen molar-refractivity contribution in [1.29, 1.82) is 5.41 Å². The minimum absolute atomic E-state index is 0.182. The molecule has 0 aromatic rings. The van der Waals surface area contributed by atoms with Crippen LogP contribution in [-0.2, 0) is 0 Å². The molecule has 0 unspecified atom stereocenters. The molecule has 0 aliphatic heterocycles. The summed E-state index contributed by atoms with van der Waals surface area (Å²) in [6.45, 7) is 2.84. The Kier molecular flexibility index (Phi) is 4.03. The molecule has 0 amide bonds. The third kappa shape index (κ3) is 5.27. The summed E-state index contributed by atoms with van der Waals surface area (Å²) in [5, 5.41) is 9.22. The molecular formula is C5H12N3. The number of hydrogen-bond acceptors (Lipinski definition) is 1. The van der Waals surface area contributed by atoms with Gasteiger partial charge in [0.1, 0.15) is 0 Å². The highest BCUT2D eigenvalue weighted by Gasteiger charge is 1.83. The number of nitrogens with one attached hydrogen (secondary N) is 3. The third-order valence-corrected chi connectivity index (χ3v) is 0.832. The van der Waals surface area contributed by atoms with Gasteiger partial charge in [-0.25, -0.2) is 0 Å². The van der Waals surface area contributed by atoms with Crippen molar-refractivity contribution in [2.75, 3.05) is 6.54 Å². The fourth-order valence-electron chi connectivity index (χ4n) is 0.390. The molecule has 0 atom stereocenters. The lowest BCUT2D eigenvalue weighted by atomic mass is 10.3. The second kappa shape index (κ2) is 4.43. The van der Waals surface area contributed by atoms with Gasteiger partial charge in [0.15, 0.2) is 0 Å². The maximum Gasteiger partial charge on any atom is 0.207 e. The van der Waals surface area contributed by atoms with Gasteiger partial charge in [0.05, 0.1) is 0 Å². The Balaban J connectivity index is 2.82. The van der Waals surface area contributed by atoms with Gasteiger partial charge in [-0.2, -0.15) is 0 Å². The summed E-state index contributed by atoms with van der Waals surface area (Å²) in [6, 6.07) is 0. The van der Waals surface area contributed by atoms with Crippen molar-refractivity contribution in [3.8, 4) is 0 Å². The Morgan fingerprint density at radius 3 is 2.62 bits per heavy atom. The standard InChI is InChI=1S/C5H12N3/c1-2-3-4-8-5(6)7/h6H,2-4H2,1H3,(H2,7,8). The van der Waals surface area contributed by atoms with E-state index in [1.165, 1.54) is 0 Å². The van der Waals surface area contributed by atoms with E-state index in [9.17, 15) is 0 Å². The third-order valence-electron chi connectivity index (χ3n) is 0.832. The molecule has 0 aromatic carbocycles. The van der Waals surface area contributed by atoms with Crippen LogP contribution in [0.4, 0.5) is 0 Å². The lowest BCUT2D eigenvalue weighted by Crippen LogP contribution is -2.23. The molecule has 0 spiro atoms. The Morgan fingerprint density at radius 2 is 2.25 bits per heavy atom. The average Bonchev–Trinajstić information content (AvgIpc) is 1.66. The van der Waals surface area contributed by atoms with Crippen LogP contribution in [-0.4, -0.2) is 12.5 Å². The summed E-state index contributed by atoms with van der Waals surface area (Å²) < 4.78 is 0. The second-order valence-corrected chi connectivity index (χ2v) is 1.66. The minimum atomic E-state index is -0.182. The average molecular weight is 114 g/mol. The van der Waals surface area contributed by atoms with Crippen LogP contribution in [0.25, 0.3) is 0 Å². The fourth-order valence-corrected chi connectivity index (χ4v) is 0.390. The predicted molar refractivity (Wildman–Crippen MR) is 33.7 cm³/mol. The highest BCUT2D eigenvalue weighted by Crippen LogP contribution is 1.80. The van der Waals surface area contributed by atoms with Crippen LogP contribution in [0.1, 0.15) is 19.8 Å². The first-order valence-electron chi connectivity index (χ1n) is 2.81. The Morgan fingerprint density at radius 1 is 1.62 bits per heavy atom. The minimum Gasteiger partial charge on any atom is -0.355 e. The summed E-state index contributed by atoms with van der Waals surface area (Å²) in [6.07, 6.45) is 2.15. The van der Waals surface area contributed by atoms with Gasteiger partial charge in [-0.05, 0) is 6.42 Å². The van der Waals surface area contributed by atoms with Crippen LogP contribution >= 0.6 is 0 Å². The zero-order valence-corrected chi connectivity index (χ0v) is 5.12. The number of hydrogen-bond donors (Lipinski definition) is 2. The van der Waals surface area contributed by atoms with Crippen molar-refractivity contribution in [2.24, 2.45) is 0 Å². The maximum atomic E-state index is 6.63. The molecule has 0 aromatic heterocycles. The topological polar surface area (TPSA) is 59.7 Å². The van der Waals surface area contributed by atoms with Crippen LogP contribution in [0, 0.1) is 5.41 Å². The van der Waals surface area contributed by atoms with Crippen LogP contribution < -0.4 is 11.1 Å². The van der Waals surface area contributed by atoms with E-state index in [0.717, 1.165) is 19.4 Å². The number of unbranched alkanes of at least 4 members (excludes halogenated alkanes) is 1. The first-order valence-corrected chi connectivity index (χ1v) is 2.81. The molecule has 0 aliphatic carbocycles. The molecule has 0 fully saturated rings. The first-order chi connectivity index (χ1) is 3.77. The molecule has 3 N–H and O–H groups in total. The molecule has 0 heterocycles. The Bertz CT molecular complexity index is 70.1. The summed E-state index contributed by atoms with van der Waals surface area (Å²) >= 11 is 0. The van der Waals surface area contributed by atoms with Crippen molar-refractivity contribution >= 4 is 5.96 Å². The van der Waals surface area contributed by atoms with Gasteiger partial charge >= 0.3 is 0 Å². The molecule has 8 heavy (non-hydrogen) atoms. The van der Waals surface area contributed by atoms with E-state index in [2.05, 4.69) is 12.2 Å². The smallest absolute Gasteiger partial charge is 0.207 e. The molecule has 3 heteroatoms. The molecule has 0 saturated heterocycles. The summed E-state index contributed by atoms with van der Waals surface area (Å²) in [7, 11) is 0. The summed E-state index contributed by atoms with van der Waals surface area (Å²) in [5.74, 6) is -0.182. The van der Waals surface area contributed by atoms with Crippen molar-refractivity contribution < 1.29 is 0 Å². The van der Waals surface area contributed by atoms with Crippen molar-refractivity contribution in [2.45, 2.75) is 19.8 Å². The molecule has 3 nitrogen and oxygen atoms in total.